The van der Waals surface area contributed by atoms with Gasteiger partial charge in [-0.25, -0.2) is 0 Å². The fraction of sp³-hybridized carbons (Fsp3) is 0.923. The number of amides is 1. The monoisotopic (exact) mass is 224 g/mol. The quantitative estimate of drug-likeness (QED) is 0.737. The van der Waals surface area contributed by atoms with Crippen LogP contribution < -0.4 is 5.73 Å². The third-order valence-corrected chi connectivity index (χ3v) is 4.41. The molecule has 1 aliphatic carbocycles. The molecule has 2 fully saturated rings. The highest BCUT2D eigenvalue weighted by Gasteiger charge is 2.41. The Hall–Kier alpha value is -0.570. The standard InChI is InChI=1S/C13H24N2O/c1-13(2)7-3-4-11(13)12(16)15-8-5-10(14)6-9-15/h10-11H,3-9,14H2,1-2H3. The van der Waals surface area contributed by atoms with E-state index in [2.05, 4.69) is 13.8 Å². The zero-order valence-corrected chi connectivity index (χ0v) is 10.5. The van der Waals surface area contributed by atoms with Crippen LogP contribution in [0.5, 0.6) is 0 Å². The molecule has 2 N–H and O–H groups in total. The van der Waals surface area contributed by atoms with E-state index in [1.165, 1.54) is 12.8 Å². The van der Waals surface area contributed by atoms with Gasteiger partial charge in [-0.05, 0) is 31.1 Å². The molecule has 2 rings (SSSR count). The Morgan fingerprint density at radius 2 is 1.88 bits per heavy atom. The van der Waals surface area contributed by atoms with Crippen molar-refractivity contribution in [2.45, 2.75) is 52.0 Å². The molecule has 0 bridgehead atoms. The predicted molar refractivity (Wildman–Crippen MR) is 64.9 cm³/mol. The lowest BCUT2D eigenvalue weighted by Crippen LogP contribution is -2.46. The molecular weight excluding hydrogens is 200 g/mol. The molecule has 0 aromatic rings. The molecule has 1 aliphatic heterocycles. The molecule has 1 saturated carbocycles. The lowest BCUT2D eigenvalue weighted by Gasteiger charge is -2.35. The Morgan fingerprint density at radius 3 is 2.38 bits per heavy atom. The third-order valence-electron chi connectivity index (χ3n) is 4.41. The Kier molecular flexibility index (Phi) is 3.24. The van der Waals surface area contributed by atoms with Gasteiger partial charge in [-0.1, -0.05) is 20.3 Å². The van der Waals surface area contributed by atoms with E-state index in [4.69, 9.17) is 5.73 Å². The van der Waals surface area contributed by atoms with Crippen LogP contribution in [0.3, 0.4) is 0 Å². The number of likely N-dealkylation sites (tertiary alicyclic amines) is 1. The van der Waals surface area contributed by atoms with Gasteiger partial charge in [0, 0.05) is 25.0 Å². The lowest BCUT2D eigenvalue weighted by molar-refractivity contribution is -0.139. The molecule has 0 aromatic carbocycles. The van der Waals surface area contributed by atoms with Crippen LogP contribution in [-0.2, 0) is 4.79 Å². The van der Waals surface area contributed by atoms with E-state index in [0.29, 0.717) is 11.9 Å². The van der Waals surface area contributed by atoms with Gasteiger partial charge in [-0.2, -0.15) is 0 Å². The van der Waals surface area contributed by atoms with Crippen molar-refractivity contribution in [1.29, 1.82) is 0 Å². The van der Waals surface area contributed by atoms with Crippen molar-refractivity contribution in [1.82, 2.24) is 4.90 Å². The first-order chi connectivity index (χ1) is 7.50. The average Bonchev–Trinajstić information content (AvgIpc) is 2.58. The molecular formula is C13H24N2O. The third kappa shape index (κ3) is 2.24. The van der Waals surface area contributed by atoms with Gasteiger partial charge in [0.1, 0.15) is 0 Å². The summed E-state index contributed by atoms with van der Waals surface area (Å²) >= 11 is 0. The number of hydrogen-bond acceptors (Lipinski definition) is 2. The Labute approximate surface area is 98.4 Å². The number of hydrogen-bond donors (Lipinski definition) is 1. The normalized spacial score (nSPS) is 30.7. The first kappa shape index (κ1) is 11.9. The highest BCUT2D eigenvalue weighted by atomic mass is 16.2. The summed E-state index contributed by atoms with van der Waals surface area (Å²) in [6.45, 7) is 6.20. The van der Waals surface area contributed by atoms with Crippen LogP contribution in [-0.4, -0.2) is 29.9 Å². The van der Waals surface area contributed by atoms with Crippen molar-refractivity contribution in [2.75, 3.05) is 13.1 Å². The van der Waals surface area contributed by atoms with Gasteiger partial charge in [-0.3, -0.25) is 4.79 Å². The van der Waals surface area contributed by atoms with Crippen LogP contribution in [0.4, 0.5) is 0 Å². The summed E-state index contributed by atoms with van der Waals surface area (Å²) in [5, 5.41) is 0. The first-order valence-electron chi connectivity index (χ1n) is 6.55. The summed E-state index contributed by atoms with van der Waals surface area (Å²) in [6, 6.07) is 0.306. The van der Waals surface area contributed by atoms with E-state index < -0.39 is 0 Å². The molecule has 2 aliphatic rings. The molecule has 3 nitrogen and oxygen atoms in total. The Bertz CT molecular complexity index is 267. The first-order valence-corrected chi connectivity index (χ1v) is 6.55. The lowest BCUT2D eigenvalue weighted by atomic mass is 9.81. The van der Waals surface area contributed by atoms with E-state index in [9.17, 15) is 4.79 Å². The second kappa shape index (κ2) is 4.36. The van der Waals surface area contributed by atoms with Gasteiger partial charge in [0.25, 0.3) is 0 Å². The van der Waals surface area contributed by atoms with Gasteiger partial charge in [0.2, 0.25) is 5.91 Å². The molecule has 16 heavy (non-hydrogen) atoms. The van der Waals surface area contributed by atoms with Crippen molar-refractivity contribution in [3.05, 3.63) is 0 Å². The maximum atomic E-state index is 12.4. The second-order valence-electron chi connectivity index (χ2n) is 6.10. The fourth-order valence-corrected chi connectivity index (χ4v) is 3.12. The summed E-state index contributed by atoms with van der Waals surface area (Å²) < 4.78 is 0. The van der Waals surface area contributed by atoms with Crippen LogP contribution in [0.1, 0.15) is 46.0 Å². The highest BCUT2D eigenvalue weighted by molar-refractivity contribution is 5.80. The summed E-state index contributed by atoms with van der Waals surface area (Å²) in [5.74, 6) is 0.635. The van der Waals surface area contributed by atoms with Gasteiger partial charge in [0.15, 0.2) is 0 Å². The number of nitrogens with two attached hydrogens (primary N) is 1. The zero-order valence-electron chi connectivity index (χ0n) is 10.5. The SMILES string of the molecule is CC1(C)CCCC1C(=O)N1CCC(N)CC1. The van der Waals surface area contributed by atoms with Crippen LogP contribution >= 0.6 is 0 Å². The minimum absolute atomic E-state index is 0.205. The van der Waals surface area contributed by atoms with E-state index >= 15 is 0 Å². The number of rotatable bonds is 1. The predicted octanol–water partition coefficient (Wildman–Crippen LogP) is 1.76. The van der Waals surface area contributed by atoms with Gasteiger partial charge >= 0.3 is 0 Å². The van der Waals surface area contributed by atoms with Gasteiger partial charge in [0.05, 0.1) is 0 Å². The fourth-order valence-electron chi connectivity index (χ4n) is 3.12. The number of piperidine rings is 1. The minimum atomic E-state index is 0.205. The van der Waals surface area contributed by atoms with Crippen molar-refractivity contribution in [3.8, 4) is 0 Å². The summed E-state index contributed by atoms with van der Waals surface area (Å²) in [7, 11) is 0. The molecule has 1 amide bonds. The Morgan fingerprint density at radius 1 is 1.25 bits per heavy atom. The topological polar surface area (TPSA) is 46.3 Å². The molecule has 3 heteroatoms. The minimum Gasteiger partial charge on any atom is -0.342 e. The number of carbonyl (C=O) groups is 1. The molecule has 0 aromatic heterocycles. The van der Waals surface area contributed by atoms with E-state index in [-0.39, 0.29) is 11.3 Å². The number of carbonyl (C=O) groups excluding carboxylic acids is 1. The van der Waals surface area contributed by atoms with Crippen LogP contribution in [0.2, 0.25) is 0 Å². The second-order valence-corrected chi connectivity index (χ2v) is 6.10. The van der Waals surface area contributed by atoms with Crippen LogP contribution in [0.15, 0.2) is 0 Å². The molecule has 0 radical (unpaired) electrons. The summed E-state index contributed by atoms with van der Waals surface area (Å²) in [4.78, 5) is 14.5. The van der Waals surface area contributed by atoms with Gasteiger partial charge in [-0.15, -0.1) is 0 Å². The summed E-state index contributed by atoms with van der Waals surface area (Å²) in [6.07, 6.45) is 5.42. The molecule has 1 heterocycles. The molecule has 1 unspecified atom stereocenters. The largest absolute Gasteiger partial charge is 0.342 e. The molecule has 1 saturated heterocycles. The average molecular weight is 224 g/mol. The van der Waals surface area contributed by atoms with Crippen molar-refractivity contribution >= 4 is 5.91 Å². The molecule has 0 spiro atoms. The van der Waals surface area contributed by atoms with Crippen molar-refractivity contribution in [2.24, 2.45) is 17.1 Å². The van der Waals surface area contributed by atoms with E-state index in [1.807, 2.05) is 4.90 Å². The maximum Gasteiger partial charge on any atom is 0.226 e. The Balaban J connectivity index is 1.97. The van der Waals surface area contributed by atoms with E-state index in [0.717, 1.165) is 32.4 Å². The van der Waals surface area contributed by atoms with Crippen molar-refractivity contribution < 1.29 is 4.79 Å². The summed E-state index contributed by atoms with van der Waals surface area (Å²) in [5.41, 5.74) is 6.07. The van der Waals surface area contributed by atoms with Crippen LogP contribution in [0.25, 0.3) is 0 Å². The van der Waals surface area contributed by atoms with Crippen LogP contribution in [0, 0.1) is 11.3 Å². The molecule has 92 valence electrons. The van der Waals surface area contributed by atoms with Crippen molar-refractivity contribution in [3.63, 3.8) is 0 Å². The zero-order chi connectivity index (χ0) is 11.8. The highest BCUT2D eigenvalue weighted by Crippen LogP contribution is 2.43. The maximum absolute atomic E-state index is 12.4. The number of nitrogens with zero attached hydrogens (tertiary/aromatic N) is 1. The van der Waals surface area contributed by atoms with Gasteiger partial charge < -0.3 is 10.6 Å². The van der Waals surface area contributed by atoms with E-state index in [1.54, 1.807) is 0 Å². The molecule has 1 atom stereocenters. The smallest absolute Gasteiger partial charge is 0.226 e.